The van der Waals surface area contributed by atoms with Crippen LogP contribution in [0.1, 0.15) is 5.76 Å². The lowest BCUT2D eigenvalue weighted by Crippen LogP contribution is -2.10. The molecule has 0 atom stereocenters. The van der Waals surface area contributed by atoms with Gasteiger partial charge in [0.1, 0.15) is 11.5 Å². The molecule has 1 aromatic carbocycles. The summed E-state index contributed by atoms with van der Waals surface area (Å²) in [4.78, 5) is 11.4. The van der Waals surface area contributed by atoms with E-state index in [1.165, 1.54) is 31.6 Å². The number of rotatable bonds is 4. The van der Waals surface area contributed by atoms with Crippen molar-refractivity contribution in [3.05, 3.63) is 42.4 Å². The van der Waals surface area contributed by atoms with E-state index in [0.717, 1.165) is 0 Å². The van der Waals surface area contributed by atoms with Crippen molar-refractivity contribution in [3.63, 3.8) is 0 Å². The summed E-state index contributed by atoms with van der Waals surface area (Å²) in [6, 6.07) is 7.57. The van der Waals surface area contributed by atoms with Crippen LogP contribution in [0.25, 0.3) is 0 Å². The van der Waals surface area contributed by atoms with Gasteiger partial charge in [0.05, 0.1) is 13.4 Å². The van der Waals surface area contributed by atoms with E-state index in [9.17, 15) is 9.90 Å². The number of carbonyl (C=O) groups excluding carboxylic acids is 1. The monoisotopic (exact) mass is 264 g/mol. The molecule has 0 unspecified atom stereocenters. The number of phenols is 1. The van der Waals surface area contributed by atoms with Gasteiger partial charge in [0, 0.05) is 6.07 Å². The quantitative estimate of drug-likeness (QED) is 0.675. The first kappa shape index (κ1) is 12.8. The molecule has 100 valence electrons. The number of furan rings is 1. The molecule has 2 aromatic rings. The van der Waals surface area contributed by atoms with E-state index in [-0.39, 0.29) is 23.9 Å². The molecule has 0 fully saturated rings. The zero-order valence-electron chi connectivity index (χ0n) is 10.2. The standard InChI is InChI=1S/C13H12O6/c1-16-12-5-4-9(7-11(12)14)19-13(15)18-8-10-3-2-6-17-10/h2-7,14H,8H2,1H3. The molecule has 19 heavy (non-hydrogen) atoms. The Hall–Kier alpha value is -2.63. The molecule has 0 aliphatic rings. The zero-order chi connectivity index (χ0) is 13.7. The first-order chi connectivity index (χ1) is 9.19. The van der Waals surface area contributed by atoms with E-state index in [1.807, 2.05) is 0 Å². The fourth-order valence-corrected chi connectivity index (χ4v) is 1.38. The lowest BCUT2D eigenvalue weighted by Gasteiger charge is -2.07. The molecule has 1 N–H and O–H groups in total. The average Bonchev–Trinajstić information content (AvgIpc) is 2.90. The normalized spacial score (nSPS) is 9.95. The van der Waals surface area contributed by atoms with Crippen LogP contribution < -0.4 is 9.47 Å². The highest BCUT2D eigenvalue weighted by molar-refractivity contribution is 5.64. The second-order valence-electron chi connectivity index (χ2n) is 3.55. The molecular formula is C13H12O6. The Bertz CT molecular complexity index is 546. The first-order valence-corrected chi connectivity index (χ1v) is 5.43. The van der Waals surface area contributed by atoms with Gasteiger partial charge >= 0.3 is 6.16 Å². The molecular weight excluding hydrogens is 252 g/mol. The van der Waals surface area contributed by atoms with Crippen molar-refractivity contribution in [2.45, 2.75) is 6.61 Å². The first-order valence-electron chi connectivity index (χ1n) is 5.43. The van der Waals surface area contributed by atoms with Crippen LogP contribution in [0, 0.1) is 0 Å². The maximum atomic E-state index is 11.4. The van der Waals surface area contributed by atoms with E-state index in [0.29, 0.717) is 5.76 Å². The summed E-state index contributed by atoms with van der Waals surface area (Å²) < 4.78 is 19.6. The summed E-state index contributed by atoms with van der Waals surface area (Å²) in [5.74, 6) is 0.826. The molecule has 0 saturated carbocycles. The van der Waals surface area contributed by atoms with E-state index in [2.05, 4.69) is 0 Å². The summed E-state index contributed by atoms with van der Waals surface area (Å²) >= 11 is 0. The fourth-order valence-electron chi connectivity index (χ4n) is 1.38. The number of hydrogen-bond donors (Lipinski definition) is 1. The third-order valence-electron chi connectivity index (χ3n) is 2.26. The zero-order valence-corrected chi connectivity index (χ0v) is 10.2. The lowest BCUT2D eigenvalue weighted by molar-refractivity contribution is 0.0863. The van der Waals surface area contributed by atoms with Crippen LogP contribution in [0.5, 0.6) is 17.2 Å². The number of aromatic hydroxyl groups is 1. The molecule has 0 radical (unpaired) electrons. The van der Waals surface area contributed by atoms with Gasteiger partial charge in [-0.1, -0.05) is 0 Å². The number of methoxy groups -OCH3 is 1. The van der Waals surface area contributed by atoms with Gasteiger partial charge in [-0.25, -0.2) is 4.79 Å². The minimum absolute atomic E-state index is 0.0199. The van der Waals surface area contributed by atoms with Crippen LogP contribution >= 0.6 is 0 Å². The molecule has 0 saturated heterocycles. The summed E-state index contributed by atoms with van der Waals surface area (Å²) in [6.07, 6.45) is 0.590. The smallest absolute Gasteiger partial charge is 0.504 e. The van der Waals surface area contributed by atoms with Crippen molar-refractivity contribution in [1.29, 1.82) is 0 Å². The fraction of sp³-hybridized carbons (Fsp3) is 0.154. The van der Waals surface area contributed by atoms with Crippen molar-refractivity contribution < 1.29 is 28.5 Å². The third-order valence-corrected chi connectivity index (χ3v) is 2.26. The summed E-state index contributed by atoms with van der Waals surface area (Å²) in [6.45, 7) is -0.0199. The second kappa shape index (κ2) is 5.81. The van der Waals surface area contributed by atoms with Crippen molar-refractivity contribution in [2.24, 2.45) is 0 Å². The van der Waals surface area contributed by atoms with E-state index >= 15 is 0 Å². The molecule has 0 aliphatic carbocycles. The minimum atomic E-state index is -0.888. The van der Waals surface area contributed by atoms with Crippen LogP contribution in [0.3, 0.4) is 0 Å². The van der Waals surface area contributed by atoms with Gasteiger partial charge in [-0.3, -0.25) is 0 Å². The molecule has 1 aromatic heterocycles. The SMILES string of the molecule is COc1ccc(OC(=O)OCc2ccco2)cc1O. The maximum absolute atomic E-state index is 11.4. The number of ether oxygens (including phenoxy) is 3. The van der Waals surface area contributed by atoms with Gasteiger partial charge in [-0.15, -0.1) is 0 Å². The molecule has 0 spiro atoms. The van der Waals surface area contributed by atoms with Gasteiger partial charge in [-0.2, -0.15) is 0 Å². The van der Waals surface area contributed by atoms with Crippen LogP contribution in [0.2, 0.25) is 0 Å². The average molecular weight is 264 g/mol. The van der Waals surface area contributed by atoms with Gasteiger partial charge in [-0.05, 0) is 24.3 Å². The maximum Gasteiger partial charge on any atom is 0.514 e. The van der Waals surface area contributed by atoms with Crippen LogP contribution in [0.4, 0.5) is 4.79 Å². The number of benzene rings is 1. The Morgan fingerprint density at radius 2 is 2.21 bits per heavy atom. The van der Waals surface area contributed by atoms with E-state index in [1.54, 1.807) is 12.1 Å². The molecule has 2 rings (SSSR count). The Morgan fingerprint density at radius 3 is 2.84 bits per heavy atom. The predicted octanol–water partition coefficient (Wildman–Crippen LogP) is 2.71. The second-order valence-corrected chi connectivity index (χ2v) is 3.55. The molecule has 0 bridgehead atoms. The van der Waals surface area contributed by atoms with Gasteiger partial charge in [0.25, 0.3) is 0 Å². The predicted molar refractivity (Wildman–Crippen MR) is 64.2 cm³/mol. The molecule has 6 heteroatoms. The Morgan fingerprint density at radius 1 is 1.37 bits per heavy atom. The third kappa shape index (κ3) is 3.41. The highest BCUT2D eigenvalue weighted by Gasteiger charge is 2.10. The summed E-state index contributed by atoms with van der Waals surface area (Å²) in [7, 11) is 1.42. The largest absolute Gasteiger partial charge is 0.514 e. The van der Waals surface area contributed by atoms with Crippen LogP contribution in [-0.2, 0) is 11.3 Å². The molecule has 0 amide bonds. The van der Waals surface area contributed by atoms with Crippen LogP contribution in [0.15, 0.2) is 41.0 Å². The summed E-state index contributed by atoms with van der Waals surface area (Å²) in [5, 5.41) is 9.51. The minimum Gasteiger partial charge on any atom is -0.504 e. The van der Waals surface area contributed by atoms with Gasteiger partial charge in [0.15, 0.2) is 18.1 Å². The Kier molecular flexibility index (Phi) is 3.92. The van der Waals surface area contributed by atoms with Gasteiger partial charge < -0.3 is 23.7 Å². The number of carbonyl (C=O) groups is 1. The molecule has 0 aliphatic heterocycles. The van der Waals surface area contributed by atoms with Crippen molar-refractivity contribution in [2.75, 3.05) is 7.11 Å². The summed E-state index contributed by atoms with van der Waals surface area (Å²) in [5.41, 5.74) is 0. The van der Waals surface area contributed by atoms with Crippen LogP contribution in [-0.4, -0.2) is 18.4 Å². The highest BCUT2D eigenvalue weighted by atomic mass is 16.7. The lowest BCUT2D eigenvalue weighted by atomic mass is 10.3. The van der Waals surface area contributed by atoms with E-state index < -0.39 is 6.16 Å². The van der Waals surface area contributed by atoms with E-state index in [4.69, 9.17) is 18.6 Å². The Labute approximate surface area is 109 Å². The molecule has 1 heterocycles. The van der Waals surface area contributed by atoms with Gasteiger partial charge in [0.2, 0.25) is 0 Å². The van der Waals surface area contributed by atoms with Crippen molar-refractivity contribution in [1.82, 2.24) is 0 Å². The topological polar surface area (TPSA) is 78.1 Å². The Balaban J connectivity index is 1.90. The number of hydrogen-bond acceptors (Lipinski definition) is 6. The highest BCUT2D eigenvalue weighted by Crippen LogP contribution is 2.29. The van der Waals surface area contributed by atoms with Crippen molar-refractivity contribution in [3.8, 4) is 17.2 Å². The molecule has 6 nitrogen and oxygen atoms in total. The van der Waals surface area contributed by atoms with Crippen molar-refractivity contribution >= 4 is 6.16 Å². The number of phenolic OH excluding ortho intramolecular Hbond substituents is 1.